The van der Waals surface area contributed by atoms with Gasteiger partial charge in [-0.2, -0.15) is 0 Å². The van der Waals surface area contributed by atoms with E-state index in [1.165, 1.54) is 0 Å². The van der Waals surface area contributed by atoms with Gasteiger partial charge in [0, 0.05) is 17.1 Å². The summed E-state index contributed by atoms with van der Waals surface area (Å²) < 4.78 is 5.13. The van der Waals surface area contributed by atoms with Gasteiger partial charge in [-0.05, 0) is 37.6 Å². The largest absolute Gasteiger partial charge is 0.482 e. The average molecular weight is 268 g/mol. The Kier molecular flexibility index (Phi) is 5.71. The van der Waals surface area contributed by atoms with Gasteiger partial charge >= 0.3 is 5.97 Å². The maximum atomic E-state index is 10.8. The average Bonchev–Trinajstić information content (AvgIpc) is 2.27. The fraction of sp³-hybridized carbons (Fsp3) is 0.385. The Balaban J connectivity index is 2.56. The number of rotatable bonds is 7. The molecule has 0 bridgehead atoms. The lowest BCUT2D eigenvalue weighted by molar-refractivity contribution is -0.139. The van der Waals surface area contributed by atoms with Crippen LogP contribution >= 0.6 is 11.8 Å². The minimum Gasteiger partial charge on any atom is -0.482 e. The molecular formula is C13H16O4S. The Morgan fingerprint density at radius 1 is 1.39 bits per heavy atom. The Bertz CT molecular complexity index is 443. The molecule has 5 heteroatoms. The first-order chi connectivity index (χ1) is 8.49. The van der Waals surface area contributed by atoms with Crippen molar-refractivity contribution in [1.29, 1.82) is 0 Å². The summed E-state index contributed by atoms with van der Waals surface area (Å²) in [6, 6.07) is 5.56. The molecular weight excluding hydrogens is 252 g/mol. The lowest BCUT2D eigenvalue weighted by atomic mass is 10.2. The molecule has 0 fully saturated rings. The SMILES string of the molecule is CC(=O)CCSc1ccc(OCC(=O)O)c(C)c1. The molecule has 0 unspecified atom stereocenters. The summed E-state index contributed by atoms with van der Waals surface area (Å²) in [7, 11) is 0. The second kappa shape index (κ2) is 7.06. The number of carbonyl (C=O) groups is 2. The van der Waals surface area contributed by atoms with Crippen molar-refractivity contribution in [3.05, 3.63) is 23.8 Å². The van der Waals surface area contributed by atoms with Gasteiger partial charge in [-0.3, -0.25) is 4.79 Å². The lowest BCUT2D eigenvalue weighted by Gasteiger charge is -2.08. The molecule has 0 radical (unpaired) electrons. The highest BCUT2D eigenvalue weighted by atomic mass is 32.2. The number of ether oxygens (including phenoxy) is 1. The van der Waals surface area contributed by atoms with E-state index in [2.05, 4.69) is 0 Å². The molecule has 0 heterocycles. The number of Topliss-reactive ketones (excluding diaryl/α,β-unsaturated/α-hetero) is 1. The van der Waals surface area contributed by atoms with Gasteiger partial charge in [0.2, 0.25) is 0 Å². The Morgan fingerprint density at radius 2 is 2.11 bits per heavy atom. The highest BCUT2D eigenvalue weighted by molar-refractivity contribution is 7.99. The van der Waals surface area contributed by atoms with Crippen molar-refractivity contribution in [2.75, 3.05) is 12.4 Å². The summed E-state index contributed by atoms with van der Waals surface area (Å²) in [4.78, 5) is 22.3. The number of carboxylic acids is 1. The molecule has 1 aromatic carbocycles. The van der Waals surface area contributed by atoms with Crippen LogP contribution in [0.25, 0.3) is 0 Å². The van der Waals surface area contributed by atoms with Gasteiger partial charge in [-0.1, -0.05) is 0 Å². The second-order valence-electron chi connectivity index (χ2n) is 3.91. The Hall–Kier alpha value is -1.49. The van der Waals surface area contributed by atoms with Crippen LogP contribution in [-0.2, 0) is 9.59 Å². The van der Waals surface area contributed by atoms with Gasteiger partial charge in [0.05, 0.1) is 0 Å². The molecule has 0 saturated heterocycles. The summed E-state index contributed by atoms with van der Waals surface area (Å²) in [6.45, 7) is 3.11. The molecule has 1 N–H and O–H groups in total. The molecule has 0 amide bonds. The quantitative estimate of drug-likeness (QED) is 0.770. The normalized spacial score (nSPS) is 10.1. The summed E-state index contributed by atoms with van der Waals surface area (Å²) in [6.07, 6.45) is 0.557. The lowest BCUT2D eigenvalue weighted by Crippen LogP contribution is -2.10. The molecule has 18 heavy (non-hydrogen) atoms. The third-order valence-electron chi connectivity index (χ3n) is 2.22. The van der Waals surface area contributed by atoms with E-state index in [1.54, 1.807) is 24.8 Å². The van der Waals surface area contributed by atoms with Crippen LogP contribution in [0.4, 0.5) is 0 Å². The highest BCUT2D eigenvalue weighted by Gasteiger charge is 2.04. The summed E-state index contributed by atoms with van der Waals surface area (Å²) in [5, 5.41) is 8.53. The van der Waals surface area contributed by atoms with E-state index < -0.39 is 5.97 Å². The third-order valence-corrected chi connectivity index (χ3v) is 3.22. The van der Waals surface area contributed by atoms with Crippen molar-refractivity contribution in [3.8, 4) is 5.75 Å². The predicted molar refractivity (Wildman–Crippen MR) is 70.3 cm³/mol. The zero-order chi connectivity index (χ0) is 13.5. The minimum atomic E-state index is -0.991. The number of thioether (sulfide) groups is 1. The van der Waals surface area contributed by atoms with Crippen LogP contribution in [0.15, 0.2) is 23.1 Å². The first kappa shape index (κ1) is 14.6. The topological polar surface area (TPSA) is 63.6 Å². The van der Waals surface area contributed by atoms with Crippen molar-refractivity contribution < 1.29 is 19.4 Å². The van der Waals surface area contributed by atoms with Crippen molar-refractivity contribution in [2.45, 2.75) is 25.2 Å². The van der Waals surface area contributed by atoms with E-state index >= 15 is 0 Å². The van der Waals surface area contributed by atoms with Gasteiger partial charge in [0.1, 0.15) is 11.5 Å². The summed E-state index contributed by atoms with van der Waals surface area (Å²) in [5.74, 6) is 0.521. The molecule has 4 nitrogen and oxygen atoms in total. The minimum absolute atomic E-state index is 0.181. The fourth-order valence-electron chi connectivity index (χ4n) is 1.33. The maximum absolute atomic E-state index is 10.8. The number of benzene rings is 1. The predicted octanol–water partition coefficient (Wildman–Crippen LogP) is 2.53. The first-order valence-electron chi connectivity index (χ1n) is 5.56. The standard InChI is InChI=1S/C13H16O4S/c1-9-7-11(18-6-5-10(2)14)3-4-12(9)17-8-13(15)16/h3-4,7H,5-6,8H2,1-2H3,(H,15,16). The van der Waals surface area contributed by atoms with E-state index in [0.717, 1.165) is 16.2 Å². The monoisotopic (exact) mass is 268 g/mol. The molecule has 98 valence electrons. The van der Waals surface area contributed by atoms with Crippen LogP contribution in [0.1, 0.15) is 18.9 Å². The molecule has 0 aliphatic carbocycles. The number of aryl methyl sites for hydroxylation is 1. The van der Waals surface area contributed by atoms with Crippen LogP contribution < -0.4 is 4.74 Å². The summed E-state index contributed by atoms with van der Waals surface area (Å²) in [5.41, 5.74) is 0.893. The van der Waals surface area contributed by atoms with E-state index in [1.807, 2.05) is 19.1 Å². The number of aliphatic carboxylic acids is 1. The third kappa shape index (κ3) is 5.23. The van der Waals surface area contributed by atoms with E-state index in [0.29, 0.717) is 12.2 Å². The molecule has 1 rings (SSSR count). The number of hydrogen-bond acceptors (Lipinski definition) is 4. The molecule has 0 saturated carbocycles. The Labute approximate surface area is 110 Å². The fourth-order valence-corrected chi connectivity index (χ4v) is 2.38. The van der Waals surface area contributed by atoms with Crippen molar-refractivity contribution in [1.82, 2.24) is 0 Å². The van der Waals surface area contributed by atoms with Gasteiger partial charge in [0.15, 0.2) is 6.61 Å². The van der Waals surface area contributed by atoms with Crippen LogP contribution in [0.2, 0.25) is 0 Å². The number of carbonyl (C=O) groups excluding carboxylic acids is 1. The van der Waals surface area contributed by atoms with E-state index in [4.69, 9.17) is 9.84 Å². The molecule has 0 spiro atoms. The summed E-state index contributed by atoms with van der Waals surface area (Å²) >= 11 is 1.60. The van der Waals surface area contributed by atoms with Gasteiger partial charge in [0.25, 0.3) is 0 Å². The van der Waals surface area contributed by atoms with Crippen LogP contribution in [-0.4, -0.2) is 29.2 Å². The number of carboxylic acid groups (broad SMARTS) is 1. The van der Waals surface area contributed by atoms with Crippen molar-refractivity contribution >= 4 is 23.5 Å². The van der Waals surface area contributed by atoms with Crippen LogP contribution in [0.3, 0.4) is 0 Å². The number of ketones is 1. The zero-order valence-corrected chi connectivity index (χ0v) is 11.3. The van der Waals surface area contributed by atoms with Crippen LogP contribution in [0.5, 0.6) is 5.75 Å². The molecule has 0 aliphatic heterocycles. The second-order valence-corrected chi connectivity index (χ2v) is 5.08. The molecule has 0 atom stereocenters. The van der Waals surface area contributed by atoms with Crippen molar-refractivity contribution in [2.24, 2.45) is 0 Å². The van der Waals surface area contributed by atoms with E-state index in [9.17, 15) is 9.59 Å². The molecule has 0 aliphatic rings. The van der Waals surface area contributed by atoms with E-state index in [-0.39, 0.29) is 12.4 Å². The first-order valence-corrected chi connectivity index (χ1v) is 6.55. The van der Waals surface area contributed by atoms with Crippen LogP contribution in [0, 0.1) is 6.92 Å². The maximum Gasteiger partial charge on any atom is 0.341 e. The van der Waals surface area contributed by atoms with Gasteiger partial charge < -0.3 is 9.84 Å². The van der Waals surface area contributed by atoms with Gasteiger partial charge in [-0.15, -0.1) is 11.8 Å². The smallest absolute Gasteiger partial charge is 0.341 e. The molecule has 1 aromatic rings. The highest BCUT2D eigenvalue weighted by Crippen LogP contribution is 2.26. The van der Waals surface area contributed by atoms with Crippen molar-refractivity contribution in [3.63, 3.8) is 0 Å². The molecule has 0 aromatic heterocycles. The zero-order valence-electron chi connectivity index (χ0n) is 10.4. The number of hydrogen-bond donors (Lipinski definition) is 1. The van der Waals surface area contributed by atoms with Gasteiger partial charge in [-0.25, -0.2) is 4.79 Å². The Morgan fingerprint density at radius 3 is 2.67 bits per heavy atom.